The van der Waals surface area contributed by atoms with Crippen molar-refractivity contribution in [1.82, 2.24) is 10.3 Å². The number of nitrogens with zero attached hydrogens (tertiary/aromatic N) is 1. The molecule has 0 saturated carbocycles. The zero-order chi connectivity index (χ0) is 18.5. The Balaban J connectivity index is 1.94. The summed E-state index contributed by atoms with van der Waals surface area (Å²) in [5.74, 6) is -4.84. The lowest BCUT2D eigenvalue weighted by atomic mass is 9.91. The van der Waals surface area contributed by atoms with E-state index < -0.39 is 24.6 Å². The number of hydrogen-bond donors (Lipinski definition) is 2. The molecule has 2 N–H and O–H groups in total. The number of anilines is 1. The summed E-state index contributed by atoms with van der Waals surface area (Å²) in [6.07, 6.45) is -1.61. The van der Waals surface area contributed by atoms with Crippen molar-refractivity contribution in [2.24, 2.45) is 0 Å². The second-order valence-electron chi connectivity index (χ2n) is 5.64. The molecule has 2 rings (SSSR count). The third-order valence-corrected chi connectivity index (χ3v) is 3.94. The first-order chi connectivity index (χ1) is 11.8. The molecule has 25 heavy (non-hydrogen) atoms. The number of alkyl halides is 4. The van der Waals surface area contributed by atoms with Crippen molar-refractivity contribution in [2.75, 3.05) is 32.1 Å². The molecule has 1 amide bonds. The molecule has 1 aromatic heterocycles. The number of piperidine rings is 1. The summed E-state index contributed by atoms with van der Waals surface area (Å²) in [7, 11) is 1.46. The molecule has 0 radical (unpaired) electrons. The van der Waals surface area contributed by atoms with Crippen molar-refractivity contribution in [2.45, 2.75) is 30.8 Å². The second-order valence-corrected chi connectivity index (χ2v) is 5.64. The highest BCUT2D eigenvalue weighted by Crippen LogP contribution is 2.26. The molecule has 2 heterocycles. The summed E-state index contributed by atoms with van der Waals surface area (Å²) < 4.78 is 59.6. The number of amides is 1. The Morgan fingerprint density at radius 1 is 1.40 bits per heavy atom. The van der Waals surface area contributed by atoms with E-state index in [1.165, 1.54) is 25.4 Å². The summed E-state index contributed by atoms with van der Waals surface area (Å²) in [5, 5.41) is 5.77. The van der Waals surface area contributed by atoms with Crippen molar-refractivity contribution in [3.05, 3.63) is 18.3 Å². The van der Waals surface area contributed by atoms with Gasteiger partial charge in [0.1, 0.15) is 5.60 Å². The Hall–Kier alpha value is -1.94. The number of nitrogens with one attached hydrogen (secondary N) is 2. The Morgan fingerprint density at radius 2 is 2.08 bits per heavy atom. The minimum Gasteiger partial charge on any atom is -0.471 e. The third kappa shape index (κ3) is 4.79. The number of hydrogen-bond acceptors (Lipinski definition) is 5. The summed E-state index contributed by atoms with van der Waals surface area (Å²) in [5.41, 5.74) is -0.632. The van der Waals surface area contributed by atoms with E-state index in [4.69, 9.17) is 4.74 Å². The van der Waals surface area contributed by atoms with Gasteiger partial charge in [0.25, 0.3) is 5.91 Å². The molecule has 0 aliphatic carbocycles. The molecular weight excluding hydrogens is 346 g/mol. The SMILES string of the molecule is COC1(C(=O)Nc2ccc(OCC(F)(F)C(F)F)nc2)CCNCC1. The normalized spacial score (nSPS) is 17.4. The number of carbonyl (C=O) groups excluding carboxylic acids is 1. The van der Waals surface area contributed by atoms with Crippen LogP contribution in [0.5, 0.6) is 5.88 Å². The molecular formula is C15H19F4N3O3. The molecule has 1 aliphatic heterocycles. The molecule has 1 aromatic rings. The molecule has 0 bridgehead atoms. The van der Waals surface area contributed by atoms with Gasteiger partial charge in [0.15, 0.2) is 6.61 Å². The monoisotopic (exact) mass is 365 g/mol. The molecule has 0 unspecified atom stereocenters. The first-order valence-corrected chi connectivity index (χ1v) is 7.61. The molecule has 0 aromatic carbocycles. The van der Waals surface area contributed by atoms with E-state index in [2.05, 4.69) is 20.4 Å². The van der Waals surface area contributed by atoms with Crippen molar-refractivity contribution in [3.8, 4) is 5.88 Å². The maximum absolute atomic E-state index is 12.8. The first-order valence-electron chi connectivity index (χ1n) is 7.61. The van der Waals surface area contributed by atoms with E-state index in [0.717, 1.165) is 0 Å². The van der Waals surface area contributed by atoms with Crippen LogP contribution in [0, 0.1) is 0 Å². The number of pyridine rings is 1. The highest BCUT2D eigenvalue weighted by Gasteiger charge is 2.42. The molecule has 6 nitrogen and oxygen atoms in total. The van der Waals surface area contributed by atoms with Crippen molar-refractivity contribution < 1.29 is 31.8 Å². The molecule has 140 valence electrons. The Morgan fingerprint density at radius 3 is 2.60 bits per heavy atom. The van der Waals surface area contributed by atoms with Crippen LogP contribution in [0.3, 0.4) is 0 Å². The average molecular weight is 365 g/mol. The Kier molecular flexibility index (Phi) is 6.17. The zero-order valence-electron chi connectivity index (χ0n) is 13.5. The number of methoxy groups -OCH3 is 1. The quantitative estimate of drug-likeness (QED) is 0.724. The lowest BCUT2D eigenvalue weighted by Gasteiger charge is -2.34. The van der Waals surface area contributed by atoms with Crippen LogP contribution in [0.1, 0.15) is 12.8 Å². The van der Waals surface area contributed by atoms with Crippen molar-refractivity contribution >= 4 is 11.6 Å². The minimum absolute atomic E-state index is 0.248. The van der Waals surface area contributed by atoms with Gasteiger partial charge in [0.05, 0.1) is 11.9 Å². The predicted octanol–water partition coefficient (Wildman–Crippen LogP) is 2.07. The van der Waals surface area contributed by atoms with Gasteiger partial charge >= 0.3 is 12.3 Å². The maximum Gasteiger partial charge on any atom is 0.340 e. The fraction of sp³-hybridized carbons (Fsp3) is 0.600. The predicted molar refractivity (Wildman–Crippen MR) is 81.2 cm³/mol. The number of carbonyl (C=O) groups is 1. The number of ether oxygens (including phenoxy) is 2. The van der Waals surface area contributed by atoms with Crippen LogP contribution in [-0.2, 0) is 9.53 Å². The van der Waals surface area contributed by atoms with E-state index in [1.807, 2.05) is 0 Å². The third-order valence-electron chi connectivity index (χ3n) is 3.94. The van der Waals surface area contributed by atoms with E-state index in [1.54, 1.807) is 0 Å². The van der Waals surface area contributed by atoms with Gasteiger partial charge in [-0.1, -0.05) is 0 Å². The lowest BCUT2D eigenvalue weighted by Crippen LogP contribution is -2.51. The fourth-order valence-electron chi connectivity index (χ4n) is 2.37. The van der Waals surface area contributed by atoms with Crippen LogP contribution in [-0.4, -0.2) is 55.6 Å². The second kappa shape index (κ2) is 7.96. The van der Waals surface area contributed by atoms with Gasteiger partial charge in [-0.15, -0.1) is 0 Å². The number of halogens is 4. The van der Waals surface area contributed by atoms with Gasteiger partial charge in [0, 0.05) is 13.2 Å². The van der Waals surface area contributed by atoms with E-state index in [9.17, 15) is 22.4 Å². The van der Waals surface area contributed by atoms with Crippen molar-refractivity contribution in [1.29, 1.82) is 0 Å². The molecule has 0 spiro atoms. The van der Waals surface area contributed by atoms with Crippen molar-refractivity contribution in [3.63, 3.8) is 0 Å². The summed E-state index contributed by atoms with van der Waals surface area (Å²) >= 11 is 0. The van der Waals surface area contributed by atoms with Crippen LogP contribution in [0.2, 0.25) is 0 Å². The van der Waals surface area contributed by atoms with Crippen LogP contribution in [0.25, 0.3) is 0 Å². The summed E-state index contributed by atoms with van der Waals surface area (Å²) in [4.78, 5) is 16.2. The van der Waals surface area contributed by atoms with Gasteiger partial charge in [-0.2, -0.15) is 8.78 Å². The zero-order valence-corrected chi connectivity index (χ0v) is 13.5. The Bertz CT molecular complexity index is 578. The summed E-state index contributed by atoms with van der Waals surface area (Å²) in [6, 6.07) is 2.59. The lowest BCUT2D eigenvalue weighted by molar-refractivity contribution is -0.148. The van der Waals surface area contributed by atoms with Gasteiger partial charge in [-0.3, -0.25) is 4.79 Å². The van der Waals surface area contributed by atoms with Gasteiger partial charge in [0.2, 0.25) is 5.88 Å². The largest absolute Gasteiger partial charge is 0.471 e. The van der Waals surface area contributed by atoms with Gasteiger partial charge in [-0.05, 0) is 32.0 Å². The van der Waals surface area contributed by atoms with Crippen LogP contribution in [0.4, 0.5) is 23.2 Å². The number of rotatable bonds is 7. The standard InChI is InChI=1S/C15H19F4N3O3/c1-24-14(4-6-20-7-5-14)13(23)22-10-2-3-11(21-8-10)25-9-15(18,19)12(16)17/h2-3,8,12,20H,4-7,9H2,1H3,(H,22,23). The highest BCUT2D eigenvalue weighted by atomic mass is 19.3. The van der Waals surface area contributed by atoms with Gasteiger partial charge < -0.3 is 20.1 Å². The smallest absolute Gasteiger partial charge is 0.340 e. The van der Waals surface area contributed by atoms with E-state index in [0.29, 0.717) is 31.6 Å². The molecule has 0 atom stereocenters. The van der Waals surface area contributed by atoms with Crippen LogP contribution >= 0.6 is 0 Å². The topological polar surface area (TPSA) is 72.5 Å². The van der Waals surface area contributed by atoms with E-state index >= 15 is 0 Å². The minimum atomic E-state index is -4.26. The molecule has 10 heteroatoms. The molecule has 1 aliphatic rings. The molecule has 1 saturated heterocycles. The van der Waals surface area contributed by atoms with Gasteiger partial charge in [-0.25, -0.2) is 13.8 Å². The van der Waals surface area contributed by atoms with Crippen LogP contribution in [0.15, 0.2) is 18.3 Å². The average Bonchev–Trinajstić information content (AvgIpc) is 2.61. The van der Waals surface area contributed by atoms with Crippen LogP contribution < -0.4 is 15.4 Å². The molecule has 1 fully saturated rings. The first kappa shape index (κ1) is 19.4. The summed E-state index contributed by atoms with van der Waals surface area (Å²) in [6.45, 7) is -0.196. The Labute approximate surface area is 141 Å². The number of aromatic nitrogens is 1. The fourth-order valence-corrected chi connectivity index (χ4v) is 2.37. The maximum atomic E-state index is 12.8. The highest BCUT2D eigenvalue weighted by molar-refractivity contribution is 5.97. The van der Waals surface area contributed by atoms with E-state index in [-0.39, 0.29) is 11.8 Å².